The van der Waals surface area contributed by atoms with Crippen molar-refractivity contribution in [2.75, 3.05) is 27.2 Å². The van der Waals surface area contributed by atoms with E-state index in [0.717, 1.165) is 25.4 Å². The van der Waals surface area contributed by atoms with Crippen molar-refractivity contribution >= 4 is 5.97 Å². The SMILES string of the molecule is COC(=O)CCCN(C)C1CC(C(C)(C)C)CCC1CN. The summed E-state index contributed by atoms with van der Waals surface area (Å²) < 4.78 is 4.70. The molecule has 0 aromatic carbocycles. The van der Waals surface area contributed by atoms with Crippen LogP contribution in [0.4, 0.5) is 0 Å². The Bertz CT molecular complexity index is 325. The molecule has 0 spiro atoms. The fourth-order valence-electron chi connectivity index (χ4n) is 3.55. The number of nitrogens with two attached hydrogens (primary N) is 1. The number of carbonyl (C=O) groups is 1. The molecule has 1 rings (SSSR count). The van der Waals surface area contributed by atoms with Crippen LogP contribution in [-0.2, 0) is 9.53 Å². The van der Waals surface area contributed by atoms with Gasteiger partial charge in [-0.3, -0.25) is 4.79 Å². The number of carbonyl (C=O) groups excluding carboxylic acids is 1. The Morgan fingerprint density at radius 1 is 1.33 bits per heavy atom. The summed E-state index contributed by atoms with van der Waals surface area (Å²) in [6, 6.07) is 0.547. The Morgan fingerprint density at radius 2 is 2.00 bits per heavy atom. The third-order valence-electron chi connectivity index (χ3n) is 5.17. The molecule has 0 saturated heterocycles. The van der Waals surface area contributed by atoms with Gasteiger partial charge in [0.25, 0.3) is 0 Å². The first-order valence-electron chi connectivity index (χ1n) is 8.26. The minimum Gasteiger partial charge on any atom is -0.469 e. The maximum absolute atomic E-state index is 11.2. The lowest BCUT2D eigenvalue weighted by Crippen LogP contribution is -2.47. The second-order valence-corrected chi connectivity index (χ2v) is 7.60. The summed E-state index contributed by atoms with van der Waals surface area (Å²) in [6.07, 6.45) is 5.10. The minimum absolute atomic E-state index is 0.116. The summed E-state index contributed by atoms with van der Waals surface area (Å²) in [5, 5.41) is 0. The van der Waals surface area contributed by atoms with E-state index in [1.54, 1.807) is 0 Å². The lowest BCUT2D eigenvalue weighted by Gasteiger charge is -2.45. The van der Waals surface area contributed by atoms with Crippen molar-refractivity contribution in [1.82, 2.24) is 4.90 Å². The molecule has 2 N–H and O–H groups in total. The highest BCUT2D eigenvalue weighted by atomic mass is 16.5. The Kier molecular flexibility index (Phi) is 7.14. The smallest absolute Gasteiger partial charge is 0.305 e. The normalized spacial score (nSPS) is 26.9. The van der Waals surface area contributed by atoms with E-state index in [4.69, 9.17) is 10.5 Å². The molecular weight excluding hydrogens is 264 g/mol. The minimum atomic E-state index is -0.116. The van der Waals surface area contributed by atoms with Crippen LogP contribution in [0.2, 0.25) is 0 Å². The van der Waals surface area contributed by atoms with Gasteiger partial charge in [0.05, 0.1) is 7.11 Å². The van der Waals surface area contributed by atoms with E-state index in [1.165, 1.54) is 26.4 Å². The Hall–Kier alpha value is -0.610. The first-order valence-corrected chi connectivity index (χ1v) is 8.26. The lowest BCUT2D eigenvalue weighted by molar-refractivity contribution is -0.140. The van der Waals surface area contributed by atoms with Crippen molar-refractivity contribution in [2.24, 2.45) is 23.0 Å². The molecule has 1 saturated carbocycles. The Labute approximate surface area is 130 Å². The second-order valence-electron chi connectivity index (χ2n) is 7.60. The zero-order chi connectivity index (χ0) is 16.0. The Balaban J connectivity index is 2.55. The van der Waals surface area contributed by atoms with Gasteiger partial charge < -0.3 is 15.4 Å². The molecule has 0 radical (unpaired) electrons. The van der Waals surface area contributed by atoms with Gasteiger partial charge in [-0.2, -0.15) is 0 Å². The molecule has 0 aromatic rings. The summed E-state index contributed by atoms with van der Waals surface area (Å²) in [7, 11) is 3.63. The van der Waals surface area contributed by atoms with Crippen LogP contribution in [0.1, 0.15) is 52.9 Å². The molecule has 0 aromatic heterocycles. The molecule has 21 heavy (non-hydrogen) atoms. The van der Waals surface area contributed by atoms with Gasteiger partial charge in [-0.15, -0.1) is 0 Å². The summed E-state index contributed by atoms with van der Waals surface area (Å²) in [6.45, 7) is 8.73. The van der Waals surface area contributed by atoms with Crippen molar-refractivity contribution in [1.29, 1.82) is 0 Å². The second kappa shape index (κ2) is 8.14. The molecule has 4 nitrogen and oxygen atoms in total. The highest BCUT2D eigenvalue weighted by Gasteiger charge is 2.36. The van der Waals surface area contributed by atoms with Crippen LogP contribution in [0.3, 0.4) is 0 Å². The molecule has 3 unspecified atom stereocenters. The van der Waals surface area contributed by atoms with Gasteiger partial charge in [-0.05, 0) is 63.1 Å². The molecule has 1 aliphatic rings. The van der Waals surface area contributed by atoms with Crippen molar-refractivity contribution in [3.63, 3.8) is 0 Å². The molecule has 0 bridgehead atoms. The van der Waals surface area contributed by atoms with Crippen LogP contribution in [0, 0.1) is 17.3 Å². The molecule has 3 atom stereocenters. The quantitative estimate of drug-likeness (QED) is 0.766. The van der Waals surface area contributed by atoms with Crippen molar-refractivity contribution < 1.29 is 9.53 Å². The van der Waals surface area contributed by atoms with Gasteiger partial charge in [0.2, 0.25) is 0 Å². The average Bonchev–Trinajstić information content (AvgIpc) is 2.45. The molecule has 0 amide bonds. The monoisotopic (exact) mass is 298 g/mol. The summed E-state index contributed by atoms with van der Waals surface area (Å²) >= 11 is 0. The van der Waals surface area contributed by atoms with E-state index in [-0.39, 0.29) is 5.97 Å². The topological polar surface area (TPSA) is 55.6 Å². The first kappa shape index (κ1) is 18.4. The maximum Gasteiger partial charge on any atom is 0.305 e. The number of hydrogen-bond acceptors (Lipinski definition) is 4. The number of ether oxygens (including phenoxy) is 1. The average molecular weight is 298 g/mol. The van der Waals surface area contributed by atoms with E-state index in [0.29, 0.717) is 23.8 Å². The zero-order valence-electron chi connectivity index (χ0n) is 14.5. The van der Waals surface area contributed by atoms with Gasteiger partial charge >= 0.3 is 5.97 Å². The third-order valence-corrected chi connectivity index (χ3v) is 5.17. The maximum atomic E-state index is 11.2. The standard InChI is InChI=1S/C17H34N2O2/c1-17(2,3)14-9-8-13(12-18)15(11-14)19(4)10-6-7-16(20)21-5/h13-15H,6-12,18H2,1-5H3. The van der Waals surface area contributed by atoms with Crippen molar-refractivity contribution in [3.05, 3.63) is 0 Å². The lowest BCUT2D eigenvalue weighted by atomic mass is 9.67. The molecule has 124 valence electrons. The number of methoxy groups -OCH3 is 1. The number of nitrogens with zero attached hydrogens (tertiary/aromatic N) is 1. The molecule has 4 heteroatoms. The van der Waals surface area contributed by atoms with Gasteiger partial charge in [-0.1, -0.05) is 20.8 Å². The molecule has 1 aliphatic carbocycles. The number of rotatable bonds is 6. The van der Waals surface area contributed by atoms with Gasteiger partial charge in [0.15, 0.2) is 0 Å². The van der Waals surface area contributed by atoms with E-state index in [9.17, 15) is 4.79 Å². The summed E-state index contributed by atoms with van der Waals surface area (Å²) in [5.74, 6) is 1.23. The molecule has 0 aliphatic heterocycles. The van der Waals surface area contributed by atoms with E-state index < -0.39 is 0 Å². The van der Waals surface area contributed by atoms with Crippen LogP contribution in [0.15, 0.2) is 0 Å². The molecule has 0 heterocycles. The zero-order valence-corrected chi connectivity index (χ0v) is 14.5. The van der Waals surface area contributed by atoms with Crippen molar-refractivity contribution in [3.8, 4) is 0 Å². The van der Waals surface area contributed by atoms with E-state index >= 15 is 0 Å². The van der Waals surface area contributed by atoms with Gasteiger partial charge in [0, 0.05) is 12.5 Å². The molecule has 1 fully saturated rings. The van der Waals surface area contributed by atoms with Crippen LogP contribution >= 0.6 is 0 Å². The van der Waals surface area contributed by atoms with Crippen LogP contribution in [-0.4, -0.2) is 44.2 Å². The Morgan fingerprint density at radius 3 is 2.52 bits per heavy atom. The fourth-order valence-corrected chi connectivity index (χ4v) is 3.55. The summed E-state index contributed by atoms with van der Waals surface area (Å²) in [5.41, 5.74) is 6.35. The number of hydrogen-bond donors (Lipinski definition) is 1. The highest BCUT2D eigenvalue weighted by molar-refractivity contribution is 5.69. The first-order chi connectivity index (χ1) is 9.79. The highest BCUT2D eigenvalue weighted by Crippen LogP contribution is 2.41. The molecular formula is C17H34N2O2. The summed E-state index contributed by atoms with van der Waals surface area (Å²) in [4.78, 5) is 13.6. The van der Waals surface area contributed by atoms with Crippen molar-refractivity contribution in [2.45, 2.75) is 58.9 Å². The van der Waals surface area contributed by atoms with Crippen LogP contribution < -0.4 is 5.73 Å². The number of esters is 1. The van der Waals surface area contributed by atoms with Crippen LogP contribution in [0.5, 0.6) is 0 Å². The largest absolute Gasteiger partial charge is 0.469 e. The third kappa shape index (κ3) is 5.59. The van der Waals surface area contributed by atoms with E-state index in [2.05, 4.69) is 32.7 Å². The van der Waals surface area contributed by atoms with Gasteiger partial charge in [-0.25, -0.2) is 0 Å². The predicted molar refractivity (Wildman–Crippen MR) is 87.0 cm³/mol. The fraction of sp³-hybridized carbons (Fsp3) is 0.941. The van der Waals surface area contributed by atoms with Crippen LogP contribution in [0.25, 0.3) is 0 Å². The van der Waals surface area contributed by atoms with Gasteiger partial charge in [0.1, 0.15) is 0 Å². The predicted octanol–water partition coefficient (Wildman–Crippen LogP) is 2.66. The van der Waals surface area contributed by atoms with E-state index in [1.807, 2.05) is 0 Å².